The monoisotopic (exact) mass is 352 g/mol. The molecular formula is C21H24N2O3. The molecule has 1 aliphatic heterocycles. The Morgan fingerprint density at radius 3 is 2.46 bits per heavy atom. The summed E-state index contributed by atoms with van der Waals surface area (Å²) in [5.41, 5.74) is 3.13. The van der Waals surface area contributed by atoms with E-state index in [0.29, 0.717) is 29.2 Å². The minimum Gasteiger partial charge on any atom is -0.482 e. The number of fused-ring (bicyclic) bond motifs is 1. The molecule has 0 atom stereocenters. The van der Waals surface area contributed by atoms with Crippen molar-refractivity contribution in [2.75, 3.05) is 23.4 Å². The van der Waals surface area contributed by atoms with Crippen LogP contribution in [0.5, 0.6) is 5.75 Å². The van der Waals surface area contributed by atoms with Crippen molar-refractivity contribution in [2.24, 2.45) is 0 Å². The summed E-state index contributed by atoms with van der Waals surface area (Å²) in [7, 11) is 0. The van der Waals surface area contributed by atoms with E-state index in [0.717, 1.165) is 0 Å². The Kier molecular flexibility index (Phi) is 4.72. The maximum absolute atomic E-state index is 12.5. The zero-order valence-corrected chi connectivity index (χ0v) is 15.6. The molecule has 0 bridgehead atoms. The summed E-state index contributed by atoms with van der Waals surface area (Å²) in [6, 6.07) is 13.0. The lowest BCUT2D eigenvalue weighted by molar-refractivity contribution is -0.121. The molecule has 5 heteroatoms. The van der Waals surface area contributed by atoms with Crippen LogP contribution in [-0.2, 0) is 10.2 Å². The van der Waals surface area contributed by atoms with Crippen LogP contribution in [0.25, 0.3) is 0 Å². The number of nitrogens with one attached hydrogen (secondary N) is 1. The van der Waals surface area contributed by atoms with Gasteiger partial charge >= 0.3 is 0 Å². The second-order valence-corrected chi connectivity index (χ2v) is 7.39. The second-order valence-electron chi connectivity index (χ2n) is 7.39. The lowest BCUT2D eigenvalue weighted by atomic mass is 9.87. The normalized spacial score (nSPS) is 13.8. The van der Waals surface area contributed by atoms with Crippen LogP contribution >= 0.6 is 0 Å². The number of nitrogens with zero attached hydrogens (tertiary/aromatic N) is 1. The third kappa shape index (κ3) is 3.57. The van der Waals surface area contributed by atoms with Crippen LogP contribution in [0.3, 0.4) is 0 Å². The summed E-state index contributed by atoms with van der Waals surface area (Å²) in [6.07, 6.45) is 0. The van der Waals surface area contributed by atoms with Gasteiger partial charge in [-0.1, -0.05) is 32.9 Å². The van der Waals surface area contributed by atoms with Crippen molar-refractivity contribution in [1.29, 1.82) is 0 Å². The summed E-state index contributed by atoms with van der Waals surface area (Å²) in [5, 5.41) is 2.89. The molecule has 2 amide bonds. The quantitative estimate of drug-likeness (QED) is 0.909. The zero-order valence-electron chi connectivity index (χ0n) is 15.6. The van der Waals surface area contributed by atoms with Gasteiger partial charge in [0.2, 0.25) is 0 Å². The van der Waals surface area contributed by atoms with Crippen molar-refractivity contribution < 1.29 is 14.3 Å². The number of anilines is 2. The number of likely N-dealkylation sites (N-methyl/N-ethyl adjacent to an activating group) is 1. The largest absolute Gasteiger partial charge is 0.482 e. The highest BCUT2D eigenvalue weighted by molar-refractivity contribution is 6.05. The first-order valence-electron chi connectivity index (χ1n) is 8.78. The predicted molar refractivity (Wildman–Crippen MR) is 103 cm³/mol. The first kappa shape index (κ1) is 18.0. The molecule has 26 heavy (non-hydrogen) atoms. The fourth-order valence-corrected chi connectivity index (χ4v) is 2.95. The molecule has 0 saturated carbocycles. The number of carbonyl (C=O) groups excluding carboxylic acids is 2. The fourth-order valence-electron chi connectivity index (χ4n) is 2.95. The number of benzene rings is 2. The van der Waals surface area contributed by atoms with Gasteiger partial charge in [0.1, 0.15) is 5.75 Å². The summed E-state index contributed by atoms with van der Waals surface area (Å²) in [6.45, 7) is 8.93. The van der Waals surface area contributed by atoms with Crippen LogP contribution in [0.4, 0.5) is 11.4 Å². The van der Waals surface area contributed by atoms with E-state index in [4.69, 9.17) is 4.74 Å². The summed E-state index contributed by atoms with van der Waals surface area (Å²) >= 11 is 0. The Balaban J connectivity index is 1.80. The highest BCUT2D eigenvalue weighted by Crippen LogP contribution is 2.34. The molecule has 1 aliphatic rings. The zero-order chi connectivity index (χ0) is 18.9. The number of hydrogen-bond donors (Lipinski definition) is 1. The molecule has 1 N–H and O–H groups in total. The van der Waals surface area contributed by atoms with Crippen molar-refractivity contribution in [1.82, 2.24) is 0 Å². The highest BCUT2D eigenvalue weighted by atomic mass is 16.5. The highest BCUT2D eigenvalue weighted by Gasteiger charge is 2.24. The average molecular weight is 352 g/mol. The molecular weight excluding hydrogens is 328 g/mol. The van der Waals surface area contributed by atoms with Crippen LogP contribution in [0.2, 0.25) is 0 Å². The minimum atomic E-state index is -0.184. The van der Waals surface area contributed by atoms with Crippen molar-refractivity contribution in [3.63, 3.8) is 0 Å². The number of rotatable bonds is 3. The van der Waals surface area contributed by atoms with E-state index in [1.807, 2.05) is 31.2 Å². The Hall–Kier alpha value is -2.82. The summed E-state index contributed by atoms with van der Waals surface area (Å²) in [4.78, 5) is 26.2. The Labute approximate surface area is 154 Å². The van der Waals surface area contributed by atoms with E-state index in [2.05, 4.69) is 26.1 Å². The molecule has 5 nitrogen and oxygen atoms in total. The van der Waals surface area contributed by atoms with E-state index in [-0.39, 0.29) is 23.8 Å². The molecule has 2 aromatic carbocycles. The smallest absolute Gasteiger partial charge is 0.265 e. The van der Waals surface area contributed by atoms with E-state index in [1.54, 1.807) is 23.1 Å². The predicted octanol–water partition coefficient (Wildman–Crippen LogP) is 3.98. The Morgan fingerprint density at radius 1 is 1.15 bits per heavy atom. The molecule has 0 spiro atoms. The SMILES string of the molecule is CCN1C(=O)COc2ccc(NC(=O)c3ccc(C(C)(C)C)cc3)cc21. The van der Waals surface area contributed by atoms with Gasteiger partial charge in [0.05, 0.1) is 5.69 Å². The van der Waals surface area contributed by atoms with E-state index >= 15 is 0 Å². The van der Waals surface area contributed by atoms with E-state index in [9.17, 15) is 9.59 Å². The maximum atomic E-state index is 12.5. The van der Waals surface area contributed by atoms with Crippen LogP contribution in [-0.4, -0.2) is 25.0 Å². The third-order valence-corrected chi connectivity index (χ3v) is 4.49. The molecule has 3 rings (SSSR count). The van der Waals surface area contributed by atoms with Crippen molar-refractivity contribution in [3.05, 3.63) is 53.6 Å². The van der Waals surface area contributed by atoms with Crippen molar-refractivity contribution >= 4 is 23.2 Å². The first-order valence-corrected chi connectivity index (χ1v) is 8.78. The van der Waals surface area contributed by atoms with E-state index < -0.39 is 0 Å². The van der Waals surface area contributed by atoms with Gasteiger partial charge in [-0.25, -0.2) is 0 Å². The Bertz CT molecular complexity index is 835. The Morgan fingerprint density at radius 2 is 1.85 bits per heavy atom. The summed E-state index contributed by atoms with van der Waals surface area (Å²) < 4.78 is 5.45. The van der Waals surface area contributed by atoms with Gasteiger partial charge in [-0.2, -0.15) is 0 Å². The van der Waals surface area contributed by atoms with Gasteiger partial charge in [0, 0.05) is 17.8 Å². The fraction of sp³-hybridized carbons (Fsp3) is 0.333. The molecule has 0 aromatic heterocycles. The topological polar surface area (TPSA) is 58.6 Å². The van der Waals surface area contributed by atoms with Crippen LogP contribution in [0.15, 0.2) is 42.5 Å². The molecule has 0 unspecified atom stereocenters. The van der Waals surface area contributed by atoms with Gasteiger partial charge in [0.25, 0.3) is 11.8 Å². The lowest BCUT2D eigenvalue weighted by Gasteiger charge is -2.28. The standard InChI is InChI=1S/C21H24N2O3/c1-5-23-17-12-16(10-11-18(17)26-13-19(23)24)22-20(25)14-6-8-15(9-7-14)21(2,3)4/h6-12H,5,13H2,1-4H3,(H,22,25). The van der Waals surface area contributed by atoms with Gasteiger partial charge in [-0.15, -0.1) is 0 Å². The number of hydrogen-bond acceptors (Lipinski definition) is 3. The molecule has 136 valence electrons. The van der Waals surface area contributed by atoms with Crippen LogP contribution < -0.4 is 15.0 Å². The molecule has 1 heterocycles. The average Bonchev–Trinajstić information content (AvgIpc) is 2.61. The van der Waals surface area contributed by atoms with Crippen molar-refractivity contribution in [2.45, 2.75) is 33.1 Å². The van der Waals surface area contributed by atoms with Gasteiger partial charge in [-0.05, 0) is 48.2 Å². The molecule has 0 radical (unpaired) electrons. The minimum absolute atomic E-state index is 0.0453. The van der Waals surface area contributed by atoms with E-state index in [1.165, 1.54) is 5.56 Å². The van der Waals surface area contributed by atoms with Crippen LogP contribution in [0.1, 0.15) is 43.6 Å². The van der Waals surface area contributed by atoms with Crippen LogP contribution in [0, 0.1) is 0 Å². The molecule has 2 aromatic rings. The number of ether oxygens (including phenoxy) is 1. The molecule has 0 aliphatic carbocycles. The summed E-state index contributed by atoms with van der Waals surface area (Å²) in [5.74, 6) is 0.386. The first-order chi connectivity index (χ1) is 12.3. The third-order valence-electron chi connectivity index (χ3n) is 4.49. The van der Waals surface area contributed by atoms with Crippen molar-refractivity contribution in [3.8, 4) is 5.75 Å². The van der Waals surface area contributed by atoms with Gasteiger partial charge < -0.3 is 15.0 Å². The van der Waals surface area contributed by atoms with Gasteiger partial charge in [-0.3, -0.25) is 9.59 Å². The lowest BCUT2D eigenvalue weighted by Crippen LogP contribution is -2.38. The second kappa shape index (κ2) is 6.83. The number of carbonyl (C=O) groups is 2. The molecule has 0 saturated heterocycles. The maximum Gasteiger partial charge on any atom is 0.265 e. The number of amides is 2. The van der Waals surface area contributed by atoms with Gasteiger partial charge in [0.15, 0.2) is 6.61 Å². The molecule has 0 fully saturated rings.